The van der Waals surface area contributed by atoms with E-state index in [4.69, 9.17) is 0 Å². The Morgan fingerprint density at radius 1 is 1.14 bits per heavy atom. The minimum absolute atomic E-state index is 0.0288. The van der Waals surface area contributed by atoms with Gasteiger partial charge in [0, 0.05) is 11.6 Å². The molecular formula is C22H29N3O4. The van der Waals surface area contributed by atoms with Crippen LogP contribution in [0.4, 0.5) is 16.2 Å². The van der Waals surface area contributed by atoms with Crippen molar-refractivity contribution < 1.29 is 14.8 Å². The van der Waals surface area contributed by atoms with Gasteiger partial charge in [0.1, 0.15) is 5.69 Å². The number of benzene rings is 2. The number of anilines is 1. The number of nitro groups is 1. The maximum absolute atomic E-state index is 12.0. The molecule has 0 saturated carbocycles. The van der Waals surface area contributed by atoms with Gasteiger partial charge in [-0.05, 0) is 64.3 Å². The molecule has 2 atom stereocenters. The van der Waals surface area contributed by atoms with Gasteiger partial charge >= 0.3 is 6.09 Å². The summed E-state index contributed by atoms with van der Waals surface area (Å²) in [6.07, 6.45) is -1.04. The average Bonchev–Trinajstić information content (AvgIpc) is 2.61. The van der Waals surface area contributed by atoms with Crippen LogP contribution in [-0.4, -0.2) is 32.6 Å². The van der Waals surface area contributed by atoms with Crippen LogP contribution in [0.3, 0.4) is 0 Å². The van der Waals surface area contributed by atoms with E-state index in [1.54, 1.807) is 12.1 Å². The Bertz CT molecular complexity index is 891. The molecule has 0 radical (unpaired) electrons. The predicted molar refractivity (Wildman–Crippen MR) is 114 cm³/mol. The Hall–Kier alpha value is -3.09. The van der Waals surface area contributed by atoms with Crippen molar-refractivity contribution >= 4 is 17.5 Å². The number of aryl methyl sites for hydroxylation is 2. The number of nitrogens with zero attached hydrogens (tertiary/aromatic N) is 2. The second-order valence-electron chi connectivity index (χ2n) is 8.31. The SMILES string of the molecule is Cc1cc(NC(c2ccccc2)C(C)N(C(=O)O)C(C)(C)C)c([N+](=O)[O-])cc1C. The Morgan fingerprint density at radius 2 is 1.69 bits per heavy atom. The fourth-order valence-electron chi connectivity index (χ4n) is 3.60. The van der Waals surface area contributed by atoms with E-state index in [-0.39, 0.29) is 5.69 Å². The summed E-state index contributed by atoms with van der Waals surface area (Å²) >= 11 is 0. The lowest BCUT2D eigenvalue weighted by molar-refractivity contribution is -0.384. The summed E-state index contributed by atoms with van der Waals surface area (Å²) in [6.45, 7) is 11.0. The molecular weight excluding hydrogens is 370 g/mol. The first-order valence-corrected chi connectivity index (χ1v) is 9.53. The molecule has 2 rings (SSSR count). The molecule has 29 heavy (non-hydrogen) atoms. The van der Waals surface area contributed by atoms with Crippen LogP contribution in [0.2, 0.25) is 0 Å². The summed E-state index contributed by atoms with van der Waals surface area (Å²) in [7, 11) is 0. The third kappa shape index (κ3) is 5.04. The number of rotatable bonds is 6. The Morgan fingerprint density at radius 3 is 2.17 bits per heavy atom. The number of hydrogen-bond donors (Lipinski definition) is 2. The summed E-state index contributed by atoms with van der Waals surface area (Å²) in [6, 6.07) is 11.7. The van der Waals surface area contributed by atoms with Crippen LogP contribution >= 0.6 is 0 Å². The van der Waals surface area contributed by atoms with Crippen molar-refractivity contribution in [1.82, 2.24) is 4.90 Å². The lowest BCUT2D eigenvalue weighted by Crippen LogP contribution is -2.53. The summed E-state index contributed by atoms with van der Waals surface area (Å²) in [4.78, 5) is 24.6. The molecule has 2 aromatic rings. The summed E-state index contributed by atoms with van der Waals surface area (Å²) in [5.41, 5.74) is 2.30. The third-order valence-corrected chi connectivity index (χ3v) is 5.10. The zero-order valence-electron chi connectivity index (χ0n) is 17.8. The Kier molecular flexibility index (Phi) is 6.51. The highest BCUT2D eigenvalue weighted by molar-refractivity contribution is 5.68. The van der Waals surface area contributed by atoms with Crippen LogP contribution < -0.4 is 5.32 Å². The van der Waals surface area contributed by atoms with Gasteiger partial charge in [0.25, 0.3) is 5.69 Å². The van der Waals surface area contributed by atoms with Crippen molar-refractivity contribution in [3.8, 4) is 0 Å². The standard InChI is InChI=1S/C22H29N3O4/c1-14-12-18(19(25(28)29)13-15(14)2)23-20(17-10-8-7-9-11-17)16(3)24(21(26)27)22(4,5)6/h7-13,16,20,23H,1-6H3,(H,26,27). The largest absolute Gasteiger partial charge is 0.465 e. The highest BCUT2D eigenvalue weighted by Gasteiger charge is 2.36. The molecule has 0 spiro atoms. The number of nitrogens with one attached hydrogen (secondary N) is 1. The first kappa shape index (κ1) is 22.2. The number of hydrogen-bond acceptors (Lipinski definition) is 4. The summed E-state index contributed by atoms with van der Waals surface area (Å²) in [5.74, 6) is 0. The number of carboxylic acid groups (broad SMARTS) is 1. The van der Waals surface area contributed by atoms with Crippen LogP contribution in [-0.2, 0) is 0 Å². The van der Waals surface area contributed by atoms with E-state index in [1.807, 2.05) is 71.9 Å². The molecule has 0 heterocycles. The van der Waals surface area contributed by atoms with Crippen molar-refractivity contribution in [2.45, 2.75) is 59.2 Å². The van der Waals surface area contributed by atoms with Gasteiger partial charge < -0.3 is 10.4 Å². The van der Waals surface area contributed by atoms with E-state index in [9.17, 15) is 20.0 Å². The first-order chi connectivity index (χ1) is 13.4. The van der Waals surface area contributed by atoms with E-state index in [1.165, 1.54) is 4.90 Å². The molecule has 0 fully saturated rings. The van der Waals surface area contributed by atoms with Crippen molar-refractivity contribution in [2.24, 2.45) is 0 Å². The molecule has 2 aromatic carbocycles. The maximum Gasteiger partial charge on any atom is 0.408 e. The zero-order valence-corrected chi connectivity index (χ0v) is 17.8. The predicted octanol–water partition coefficient (Wildman–Crippen LogP) is 5.53. The number of amides is 1. The molecule has 0 aromatic heterocycles. The molecule has 2 unspecified atom stereocenters. The van der Waals surface area contributed by atoms with Gasteiger partial charge in [0.15, 0.2) is 0 Å². The zero-order chi connectivity index (χ0) is 21.9. The smallest absolute Gasteiger partial charge is 0.408 e. The van der Waals surface area contributed by atoms with Crippen molar-refractivity contribution in [3.05, 3.63) is 69.3 Å². The van der Waals surface area contributed by atoms with Crippen molar-refractivity contribution in [2.75, 3.05) is 5.32 Å². The topological polar surface area (TPSA) is 95.7 Å². The molecule has 0 aliphatic rings. The van der Waals surface area contributed by atoms with Crippen LogP contribution in [0.15, 0.2) is 42.5 Å². The van der Waals surface area contributed by atoms with Gasteiger partial charge in [-0.25, -0.2) is 4.79 Å². The number of nitro benzene ring substituents is 1. The minimum atomic E-state index is -1.04. The normalized spacial score (nSPS) is 13.4. The van der Waals surface area contributed by atoms with E-state index in [2.05, 4.69) is 5.32 Å². The van der Waals surface area contributed by atoms with E-state index >= 15 is 0 Å². The highest BCUT2D eigenvalue weighted by atomic mass is 16.6. The van der Waals surface area contributed by atoms with Crippen LogP contribution in [0.1, 0.15) is 50.4 Å². The first-order valence-electron chi connectivity index (χ1n) is 9.53. The van der Waals surface area contributed by atoms with Crippen LogP contribution in [0.25, 0.3) is 0 Å². The minimum Gasteiger partial charge on any atom is -0.465 e. The van der Waals surface area contributed by atoms with E-state index < -0.39 is 28.6 Å². The quantitative estimate of drug-likeness (QED) is 0.492. The van der Waals surface area contributed by atoms with E-state index in [0.717, 1.165) is 16.7 Å². The second kappa shape index (κ2) is 8.51. The fourth-order valence-corrected chi connectivity index (χ4v) is 3.60. The molecule has 0 bridgehead atoms. The molecule has 0 aliphatic heterocycles. The monoisotopic (exact) mass is 399 g/mol. The second-order valence-corrected chi connectivity index (χ2v) is 8.31. The Balaban J connectivity index is 2.58. The van der Waals surface area contributed by atoms with Gasteiger partial charge in [0.05, 0.1) is 17.0 Å². The molecule has 0 aliphatic carbocycles. The van der Waals surface area contributed by atoms with Gasteiger partial charge in [-0.15, -0.1) is 0 Å². The summed E-state index contributed by atoms with van der Waals surface area (Å²) < 4.78 is 0. The van der Waals surface area contributed by atoms with Crippen molar-refractivity contribution in [3.63, 3.8) is 0 Å². The maximum atomic E-state index is 12.0. The molecule has 0 saturated heterocycles. The molecule has 2 N–H and O–H groups in total. The van der Waals surface area contributed by atoms with Gasteiger partial charge in [-0.1, -0.05) is 30.3 Å². The van der Waals surface area contributed by atoms with Crippen molar-refractivity contribution in [1.29, 1.82) is 0 Å². The fraction of sp³-hybridized carbons (Fsp3) is 0.409. The lowest BCUT2D eigenvalue weighted by atomic mass is 9.94. The summed E-state index contributed by atoms with van der Waals surface area (Å²) in [5, 5.41) is 24.8. The molecule has 7 nitrogen and oxygen atoms in total. The van der Waals surface area contributed by atoms with Gasteiger partial charge in [-0.3, -0.25) is 15.0 Å². The number of carbonyl (C=O) groups is 1. The third-order valence-electron chi connectivity index (χ3n) is 5.10. The Labute approximate surface area is 171 Å². The van der Waals surface area contributed by atoms with Gasteiger partial charge in [-0.2, -0.15) is 0 Å². The average molecular weight is 399 g/mol. The molecule has 7 heteroatoms. The molecule has 156 valence electrons. The highest BCUT2D eigenvalue weighted by Crippen LogP contribution is 2.35. The van der Waals surface area contributed by atoms with E-state index in [0.29, 0.717) is 5.69 Å². The van der Waals surface area contributed by atoms with Crippen LogP contribution in [0.5, 0.6) is 0 Å². The van der Waals surface area contributed by atoms with Crippen LogP contribution in [0, 0.1) is 24.0 Å². The van der Waals surface area contributed by atoms with Gasteiger partial charge in [0.2, 0.25) is 0 Å². The molecule has 1 amide bonds. The lowest BCUT2D eigenvalue weighted by Gasteiger charge is -2.42.